The lowest BCUT2D eigenvalue weighted by atomic mass is 9.95. The van der Waals surface area contributed by atoms with Gasteiger partial charge in [-0.15, -0.1) is 0 Å². The number of piperidine rings is 1. The number of likely N-dealkylation sites (tertiary alicyclic amines) is 1. The quantitative estimate of drug-likeness (QED) is 0.750. The average molecular weight is 326 g/mol. The summed E-state index contributed by atoms with van der Waals surface area (Å²) < 4.78 is 0. The van der Waals surface area contributed by atoms with E-state index in [1.807, 2.05) is 24.5 Å². The first kappa shape index (κ1) is 14.7. The van der Waals surface area contributed by atoms with Crippen molar-refractivity contribution in [1.82, 2.24) is 14.9 Å². The summed E-state index contributed by atoms with van der Waals surface area (Å²) in [4.78, 5) is 10.1. The minimum Gasteiger partial charge on any atom is -0.361 e. The van der Waals surface area contributed by atoms with Crippen LogP contribution in [-0.2, 0) is 0 Å². The predicted octanol–water partition coefficient (Wildman–Crippen LogP) is 4.79. The smallest absolute Gasteiger partial charge is 0.0624 e. The van der Waals surface area contributed by atoms with Gasteiger partial charge < -0.3 is 4.98 Å². The van der Waals surface area contributed by atoms with Gasteiger partial charge in [-0.1, -0.05) is 24.1 Å². The molecule has 118 valence electrons. The van der Waals surface area contributed by atoms with Crippen molar-refractivity contribution >= 4 is 22.5 Å². The summed E-state index contributed by atoms with van der Waals surface area (Å²) in [5.74, 6) is 0. The van der Waals surface area contributed by atoms with Crippen LogP contribution in [-0.4, -0.2) is 28.0 Å². The molecular weight excluding hydrogens is 306 g/mol. The lowest BCUT2D eigenvalue weighted by molar-refractivity contribution is 0.188. The van der Waals surface area contributed by atoms with Crippen molar-refractivity contribution in [2.75, 3.05) is 13.1 Å². The molecule has 1 unspecified atom stereocenters. The highest BCUT2D eigenvalue weighted by Gasteiger charge is 2.26. The van der Waals surface area contributed by atoms with Gasteiger partial charge in [0.15, 0.2) is 0 Å². The van der Waals surface area contributed by atoms with Crippen LogP contribution in [0.3, 0.4) is 0 Å². The topological polar surface area (TPSA) is 31.9 Å². The predicted molar refractivity (Wildman–Crippen MR) is 94.8 cm³/mol. The Balaban J connectivity index is 1.86. The van der Waals surface area contributed by atoms with Gasteiger partial charge in [-0.05, 0) is 55.8 Å². The number of aromatic nitrogens is 2. The van der Waals surface area contributed by atoms with E-state index in [4.69, 9.17) is 11.6 Å². The Bertz CT molecular complexity index is 791. The normalized spacial score (nSPS) is 17.4. The monoisotopic (exact) mass is 325 g/mol. The zero-order valence-corrected chi connectivity index (χ0v) is 13.8. The molecule has 1 aliphatic heterocycles. The molecule has 1 aliphatic rings. The maximum absolute atomic E-state index is 6.52. The Labute approximate surface area is 141 Å². The van der Waals surface area contributed by atoms with E-state index in [1.54, 1.807) is 0 Å². The fraction of sp³-hybridized carbons (Fsp3) is 0.316. The summed E-state index contributed by atoms with van der Waals surface area (Å²) in [6, 6.07) is 10.5. The van der Waals surface area contributed by atoms with E-state index in [2.05, 4.69) is 39.3 Å². The number of rotatable bonds is 3. The molecule has 23 heavy (non-hydrogen) atoms. The van der Waals surface area contributed by atoms with E-state index < -0.39 is 0 Å². The molecule has 0 saturated carbocycles. The third-order valence-corrected chi connectivity index (χ3v) is 5.07. The molecule has 4 rings (SSSR count). The van der Waals surface area contributed by atoms with Crippen LogP contribution in [0.5, 0.6) is 0 Å². The third kappa shape index (κ3) is 2.75. The van der Waals surface area contributed by atoms with Gasteiger partial charge in [0.05, 0.1) is 11.1 Å². The molecule has 3 heterocycles. The number of H-pyrrole nitrogens is 1. The summed E-state index contributed by atoms with van der Waals surface area (Å²) in [5, 5.41) is 1.95. The van der Waals surface area contributed by atoms with E-state index in [9.17, 15) is 0 Å². The summed E-state index contributed by atoms with van der Waals surface area (Å²) in [5.41, 5.74) is 3.64. The van der Waals surface area contributed by atoms with Gasteiger partial charge in [-0.2, -0.15) is 0 Å². The zero-order chi connectivity index (χ0) is 15.6. The lowest BCUT2D eigenvalue weighted by Gasteiger charge is -2.35. The Morgan fingerprint density at radius 3 is 2.61 bits per heavy atom. The highest BCUT2D eigenvalue weighted by Crippen LogP contribution is 2.37. The van der Waals surface area contributed by atoms with Crippen LogP contribution >= 0.6 is 11.6 Å². The average Bonchev–Trinajstić information content (AvgIpc) is 3.02. The highest BCUT2D eigenvalue weighted by atomic mass is 35.5. The standard InChI is InChI=1S/C19H20ClN3/c20-16-5-4-6-17-18(16)15(13-22-17)19(14-7-9-21-10-8-14)23-11-2-1-3-12-23/h4-10,13,19,22H,1-3,11-12H2. The largest absolute Gasteiger partial charge is 0.361 e. The number of benzene rings is 1. The van der Waals surface area contributed by atoms with Crippen LogP contribution in [0.15, 0.2) is 48.9 Å². The Kier molecular flexibility index (Phi) is 4.06. The van der Waals surface area contributed by atoms with Gasteiger partial charge in [-0.25, -0.2) is 0 Å². The molecule has 4 heteroatoms. The summed E-state index contributed by atoms with van der Waals surface area (Å²) >= 11 is 6.52. The molecule has 1 N–H and O–H groups in total. The number of nitrogens with zero attached hydrogens (tertiary/aromatic N) is 2. The number of pyridine rings is 1. The Hall–Kier alpha value is -1.84. The Morgan fingerprint density at radius 2 is 1.83 bits per heavy atom. The van der Waals surface area contributed by atoms with E-state index in [-0.39, 0.29) is 6.04 Å². The van der Waals surface area contributed by atoms with Crippen LogP contribution in [0.2, 0.25) is 5.02 Å². The highest BCUT2D eigenvalue weighted by molar-refractivity contribution is 6.35. The van der Waals surface area contributed by atoms with Crippen molar-refractivity contribution in [3.63, 3.8) is 0 Å². The first-order chi connectivity index (χ1) is 11.3. The zero-order valence-electron chi connectivity index (χ0n) is 13.0. The fourth-order valence-corrected chi connectivity index (χ4v) is 3.97. The Morgan fingerprint density at radius 1 is 1.04 bits per heavy atom. The number of aromatic amines is 1. The van der Waals surface area contributed by atoms with Crippen molar-refractivity contribution < 1.29 is 0 Å². The van der Waals surface area contributed by atoms with Crippen molar-refractivity contribution in [3.05, 3.63) is 65.1 Å². The first-order valence-corrected chi connectivity index (χ1v) is 8.62. The molecule has 0 aliphatic carbocycles. The minimum absolute atomic E-state index is 0.229. The first-order valence-electron chi connectivity index (χ1n) is 8.24. The number of hydrogen-bond donors (Lipinski definition) is 1. The van der Waals surface area contributed by atoms with Crippen molar-refractivity contribution in [1.29, 1.82) is 0 Å². The van der Waals surface area contributed by atoms with E-state index >= 15 is 0 Å². The SMILES string of the molecule is Clc1cccc2[nH]cc(C(c3ccncc3)N3CCCCC3)c12. The maximum atomic E-state index is 6.52. The molecular formula is C19H20ClN3. The van der Waals surface area contributed by atoms with Crippen LogP contribution in [0, 0.1) is 0 Å². The number of nitrogens with one attached hydrogen (secondary N) is 1. The lowest BCUT2D eigenvalue weighted by Crippen LogP contribution is -2.34. The number of halogens is 1. The van der Waals surface area contributed by atoms with Gasteiger partial charge in [0.25, 0.3) is 0 Å². The molecule has 1 saturated heterocycles. The second-order valence-corrected chi connectivity index (χ2v) is 6.59. The van der Waals surface area contributed by atoms with Gasteiger partial charge >= 0.3 is 0 Å². The fourth-order valence-electron chi connectivity index (χ4n) is 3.69. The molecule has 3 nitrogen and oxygen atoms in total. The van der Waals surface area contributed by atoms with Crippen LogP contribution in [0.25, 0.3) is 10.9 Å². The van der Waals surface area contributed by atoms with E-state index in [1.165, 1.54) is 30.4 Å². The van der Waals surface area contributed by atoms with Gasteiger partial charge in [0.2, 0.25) is 0 Å². The van der Waals surface area contributed by atoms with Crippen LogP contribution in [0.1, 0.15) is 36.4 Å². The van der Waals surface area contributed by atoms with Crippen molar-refractivity contribution in [2.24, 2.45) is 0 Å². The van der Waals surface area contributed by atoms with E-state index in [0.717, 1.165) is 29.0 Å². The van der Waals surface area contributed by atoms with Crippen molar-refractivity contribution in [3.8, 4) is 0 Å². The minimum atomic E-state index is 0.229. The summed E-state index contributed by atoms with van der Waals surface area (Å²) in [7, 11) is 0. The molecule has 2 aromatic heterocycles. The molecule has 0 amide bonds. The maximum Gasteiger partial charge on any atom is 0.0624 e. The molecule has 1 aromatic carbocycles. The molecule has 1 fully saturated rings. The summed E-state index contributed by atoms with van der Waals surface area (Å²) in [6.45, 7) is 2.26. The second kappa shape index (κ2) is 6.34. The van der Waals surface area contributed by atoms with E-state index in [0.29, 0.717) is 0 Å². The molecule has 0 radical (unpaired) electrons. The molecule has 0 spiro atoms. The summed E-state index contributed by atoms with van der Waals surface area (Å²) in [6.07, 6.45) is 9.73. The molecule has 3 aromatic rings. The number of hydrogen-bond acceptors (Lipinski definition) is 2. The molecule has 0 bridgehead atoms. The van der Waals surface area contributed by atoms with Crippen LogP contribution < -0.4 is 0 Å². The van der Waals surface area contributed by atoms with Gasteiger partial charge in [-0.3, -0.25) is 9.88 Å². The molecule has 1 atom stereocenters. The van der Waals surface area contributed by atoms with Gasteiger partial charge in [0.1, 0.15) is 0 Å². The van der Waals surface area contributed by atoms with Crippen molar-refractivity contribution in [2.45, 2.75) is 25.3 Å². The second-order valence-electron chi connectivity index (χ2n) is 6.19. The number of fused-ring (bicyclic) bond motifs is 1. The van der Waals surface area contributed by atoms with Gasteiger partial charge in [0, 0.05) is 35.1 Å². The van der Waals surface area contributed by atoms with Crippen LogP contribution in [0.4, 0.5) is 0 Å². The third-order valence-electron chi connectivity index (χ3n) is 4.76.